The van der Waals surface area contributed by atoms with E-state index >= 15 is 0 Å². The third-order valence-corrected chi connectivity index (χ3v) is 2.54. The summed E-state index contributed by atoms with van der Waals surface area (Å²) in [4.78, 5) is 4.13. The van der Waals surface area contributed by atoms with Gasteiger partial charge in [0.15, 0.2) is 10.8 Å². The number of anilines is 1. The molecule has 0 aromatic carbocycles. The van der Waals surface area contributed by atoms with Crippen molar-refractivity contribution in [2.24, 2.45) is 7.05 Å². The molecule has 0 saturated heterocycles. The van der Waals surface area contributed by atoms with Crippen LogP contribution < -0.4 is 5.73 Å². The van der Waals surface area contributed by atoms with Gasteiger partial charge in [-0.2, -0.15) is 5.10 Å². The van der Waals surface area contributed by atoms with Crippen LogP contribution in [0.3, 0.4) is 0 Å². The molecule has 2 rings (SSSR count). The van der Waals surface area contributed by atoms with E-state index in [0.717, 1.165) is 16.0 Å². The van der Waals surface area contributed by atoms with E-state index in [-0.39, 0.29) is 0 Å². The average Bonchev–Trinajstić information content (AvgIpc) is 2.38. The Balaban J connectivity index is 2.92. The standard InChI is InChI=1S/C6H8N4S/c1-3-4-5(10(2)9-3)8-6(7)11-4/h1-2H3,(H2,7,8). The molecule has 0 spiro atoms. The molecular weight excluding hydrogens is 160 g/mol. The Morgan fingerprint density at radius 1 is 1.55 bits per heavy atom. The van der Waals surface area contributed by atoms with E-state index < -0.39 is 0 Å². The van der Waals surface area contributed by atoms with Crippen molar-refractivity contribution in [1.82, 2.24) is 14.8 Å². The van der Waals surface area contributed by atoms with Crippen LogP contribution in [0, 0.1) is 6.92 Å². The second kappa shape index (κ2) is 1.94. The third-order valence-electron chi connectivity index (χ3n) is 1.56. The van der Waals surface area contributed by atoms with Crippen molar-refractivity contribution < 1.29 is 0 Å². The van der Waals surface area contributed by atoms with Crippen LogP contribution >= 0.6 is 11.3 Å². The maximum Gasteiger partial charge on any atom is 0.182 e. The highest BCUT2D eigenvalue weighted by Crippen LogP contribution is 2.25. The van der Waals surface area contributed by atoms with Crippen LogP contribution in [-0.2, 0) is 7.05 Å². The van der Waals surface area contributed by atoms with E-state index in [4.69, 9.17) is 5.73 Å². The zero-order chi connectivity index (χ0) is 8.01. The predicted octanol–water partition coefficient (Wildman–Crippen LogP) is 0.920. The van der Waals surface area contributed by atoms with E-state index in [0.29, 0.717) is 5.13 Å². The number of thiazole rings is 1. The maximum atomic E-state index is 5.54. The molecule has 2 aromatic heterocycles. The van der Waals surface area contributed by atoms with Crippen molar-refractivity contribution >= 4 is 26.8 Å². The molecule has 0 fully saturated rings. The molecule has 11 heavy (non-hydrogen) atoms. The first-order chi connectivity index (χ1) is 5.18. The van der Waals surface area contributed by atoms with Crippen molar-refractivity contribution in [1.29, 1.82) is 0 Å². The minimum Gasteiger partial charge on any atom is -0.375 e. The SMILES string of the molecule is Cc1nn(C)c2nc(N)sc12. The fourth-order valence-electron chi connectivity index (χ4n) is 1.10. The van der Waals surface area contributed by atoms with E-state index in [1.54, 1.807) is 4.68 Å². The lowest BCUT2D eigenvalue weighted by molar-refractivity contribution is 0.774. The Bertz CT molecular complexity index is 365. The van der Waals surface area contributed by atoms with Gasteiger partial charge >= 0.3 is 0 Å². The Hall–Kier alpha value is -1.10. The van der Waals surface area contributed by atoms with Gasteiger partial charge in [-0.25, -0.2) is 9.67 Å². The normalized spacial score (nSPS) is 11.1. The van der Waals surface area contributed by atoms with Crippen molar-refractivity contribution in [3.8, 4) is 0 Å². The molecule has 2 N–H and O–H groups in total. The average molecular weight is 168 g/mol. The molecule has 0 unspecified atom stereocenters. The summed E-state index contributed by atoms with van der Waals surface area (Å²) in [5, 5.41) is 4.81. The molecule has 5 heteroatoms. The fraction of sp³-hybridized carbons (Fsp3) is 0.333. The third kappa shape index (κ3) is 0.808. The number of fused-ring (bicyclic) bond motifs is 1. The van der Waals surface area contributed by atoms with Crippen LogP contribution in [0.1, 0.15) is 5.69 Å². The molecule has 0 aliphatic rings. The van der Waals surface area contributed by atoms with Crippen LogP contribution in [-0.4, -0.2) is 14.8 Å². The molecular formula is C6H8N4S. The van der Waals surface area contributed by atoms with Crippen molar-refractivity contribution in [2.45, 2.75) is 6.92 Å². The minimum absolute atomic E-state index is 0.608. The predicted molar refractivity (Wildman–Crippen MR) is 45.5 cm³/mol. The Morgan fingerprint density at radius 3 is 2.91 bits per heavy atom. The summed E-state index contributed by atoms with van der Waals surface area (Å²) in [7, 11) is 1.87. The topological polar surface area (TPSA) is 56.7 Å². The summed E-state index contributed by atoms with van der Waals surface area (Å²) in [5.74, 6) is 0. The largest absolute Gasteiger partial charge is 0.375 e. The molecule has 58 valence electrons. The maximum absolute atomic E-state index is 5.54. The van der Waals surface area contributed by atoms with Gasteiger partial charge in [0.1, 0.15) is 0 Å². The number of aromatic nitrogens is 3. The Kier molecular flexibility index (Phi) is 1.17. The molecule has 2 heterocycles. The van der Waals surface area contributed by atoms with Gasteiger partial charge < -0.3 is 5.73 Å². The molecule has 0 bridgehead atoms. The first kappa shape index (κ1) is 6.60. The minimum atomic E-state index is 0.608. The molecule has 2 aromatic rings. The summed E-state index contributed by atoms with van der Waals surface area (Å²) in [6.07, 6.45) is 0. The molecule has 4 nitrogen and oxygen atoms in total. The second-order valence-corrected chi connectivity index (χ2v) is 3.44. The lowest BCUT2D eigenvalue weighted by atomic mass is 10.5. The highest BCUT2D eigenvalue weighted by Gasteiger charge is 2.08. The van der Waals surface area contributed by atoms with Gasteiger partial charge in [0, 0.05) is 7.05 Å². The molecule has 0 saturated carbocycles. The molecule has 0 radical (unpaired) electrons. The van der Waals surface area contributed by atoms with E-state index in [9.17, 15) is 0 Å². The van der Waals surface area contributed by atoms with Gasteiger partial charge in [-0.05, 0) is 6.92 Å². The summed E-state index contributed by atoms with van der Waals surface area (Å²) in [6, 6.07) is 0. The summed E-state index contributed by atoms with van der Waals surface area (Å²) < 4.78 is 2.84. The second-order valence-electron chi connectivity index (χ2n) is 2.41. The van der Waals surface area contributed by atoms with E-state index in [1.807, 2.05) is 14.0 Å². The zero-order valence-corrected chi connectivity index (χ0v) is 7.14. The zero-order valence-electron chi connectivity index (χ0n) is 6.33. The van der Waals surface area contributed by atoms with Crippen molar-refractivity contribution in [3.63, 3.8) is 0 Å². The fourth-order valence-corrected chi connectivity index (χ4v) is 1.90. The summed E-state index contributed by atoms with van der Waals surface area (Å²) >= 11 is 1.48. The molecule has 0 aliphatic carbocycles. The summed E-state index contributed by atoms with van der Waals surface area (Å²) in [5.41, 5.74) is 7.42. The highest BCUT2D eigenvalue weighted by atomic mass is 32.1. The van der Waals surface area contributed by atoms with Crippen molar-refractivity contribution in [2.75, 3.05) is 5.73 Å². The molecule has 0 amide bonds. The van der Waals surface area contributed by atoms with Gasteiger partial charge in [0.2, 0.25) is 0 Å². The Morgan fingerprint density at radius 2 is 2.27 bits per heavy atom. The van der Waals surface area contributed by atoms with Crippen LogP contribution in [0.4, 0.5) is 5.13 Å². The first-order valence-corrected chi connectivity index (χ1v) is 4.06. The number of hydrogen-bond donors (Lipinski definition) is 1. The summed E-state index contributed by atoms with van der Waals surface area (Å²) in [6.45, 7) is 1.96. The monoisotopic (exact) mass is 168 g/mol. The number of nitrogen functional groups attached to an aromatic ring is 1. The quantitative estimate of drug-likeness (QED) is 0.636. The van der Waals surface area contributed by atoms with Crippen LogP contribution in [0.2, 0.25) is 0 Å². The number of aryl methyl sites for hydroxylation is 2. The van der Waals surface area contributed by atoms with Crippen molar-refractivity contribution in [3.05, 3.63) is 5.69 Å². The van der Waals surface area contributed by atoms with Crippen LogP contribution in [0.5, 0.6) is 0 Å². The van der Waals surface area contributed by atoms with Crippen LogP contribution in [0.15, 0.2) is 0 Å². The first-order valence-electron chi connectivity index (χ1n) is 3.24. The van der Waals surface area contributed by atoms with E-state index in [1.165, 1.54) is 11.3 Å². The Labute approximate surface area is 67.7 Å². The number of nitrogens with zero attached hydrogens (tertiary/aromatic N) is 3. The number of nitrogens with two attached hydrogens (primary N) is 1. The highest BCUT2D eigenvalue weighted by molar-refractivity contribution is 7.22. The van der Waals surface area contributed by atoms with Crippen LogP contribution in [0.25, 0.3) is 10.3 Å². The number of hydrogen-bond acceptors (Lipinski definition) is 4. The van der Waals surface area contributed by atoms with Gasteiger partial charge in [-0.15, -0.1) is 0 Å². The molecule has 0 aliphatic heterocycles. The molecule has 0 atom stereocenters. The van der Waals surface area contributed by atoms with Gasteiger partial charge in [0.25, 0.3) is 0 Å². The smallest absolute Gasteiger partial charge is 0.182 e. The lowest BCUT2D eigenvalue weighted by Crippen LogP contribution is -1.91. The lowest BCUT2D eigenvalue weighted by Gasteiger charge is -1.85. The van der Waals surface area contributed by atoms with Gasteiger partial charge in [-0.1, -0.05) is 11.3 Å². The van der Waals surface area contributed by atoms with Gasteiger partial charge in [-0.3, -0.25) is 0 Å². The van der Waals surface area contributed by atoms with Gasteiger partial charge in [0.05, 0.1) is 10.4 Å². The van der Waals surface area contributed by atoms with E-state index in [2.05, 4.69) is 10.1 Å². The number of rotatable bonds is 0.